The highest BCUT2D eigenvalue weighted by atomic mass is 16.5. The van der Waals surface area contributed by atoms with Gasteiger partial charge < -0.3 is 19.9 Å². The lowest BCUT2D eigenvalue weighted by molar-refractivity contribution is -0.143. The predicted molar refractivity (Wildman–Crippen MR) is 132 cm³/mol. The monoisotopic (exact) mass is 496 g/mol. The number of ether oxygens (including phenoxy) is 1. The summed E-state index contributed by atoms with van der Waals surface area (Å²) in [5, 5.41) is 2.87. The number of likely N-dealkylation sites (tertiary alicyclic amines) is 2. The van der Waals surface area contributed by atoms with E-state index in [9.17, 15) is 19.2 Å². The van der Waals surface area contributed by atoms with Gasteiger partial charge >= 0.3 is 6.03 Å². The molecule has 194 valence electrons. The zero-order chi connectivity index (χ0) is 25.1. The summed E-state index contributed by atoms with van der Waals surface area (Å²) < 4.78 is 5.62. The normalized spacial score (nSPS) is 24.3. The molecule has 0 radical (unpaired) electrons. The van der Waals surface area contributed by atoms with Gasteiger partial charge in [-0.05, 0) is 63.0 Å². The van der Waals surface area contributed by atoms with E-state index < -0.39 is 11.6 Å². The van der Waals surface area contributed by atoms with E-state index >= 15 is 0 Å². The topological polar surface area (TPSA) is 99.3 Å². The van der Waals surface area contributed by atoms with Crippen molar-refractivity contribution in [2.45, 2.75) is 69.4 Å². The first-order valence-corrected chi connectivity index (χ1v) is 13.4. The first-order valence-electron chi connectivity index (χ1n) is 13.4. The summed E-state index contributed by atoms with van der Waals surface area (Å²) in [5.41, 5.74) is -0.789. The minimum Gasteiger partial charge on any atom is -0.484 e. The second kappa shape index (κ2) is 10.5. The Bertz CT molecular complexity index is 985. The van der Waals surface area contributed by atoms with Crippen LogP contribution in [0.5, 0.6) is 5.75 Å². The number of piperidine rings is 2. The molecule has 1 N–H and O–H groups in total. The Morgan fingerprint density at radius 3 is 2.36 bits per heavy atom. The van der Waals surface area contributed by atoms with Crippen LogP contribution in [-0.4, -0.2) is 82.8 Å². The summed E-state index contributed by atoms with van der Waals surface area (Å²) in [4.78, 5) is 56.5. The smallest absolute Gasteiger partial charge is 0.325 e. The second-order valence-electron chi connectivity index (χ2n) is 10.6. The Balaban J connectivity index is 1.15. The minimum absolute atomic E-state index is 0.0201. The van der Waals surface area contributed by atoms with Crippen LogP contribution in [0.4, 0.5) is 4.79 Å². The fraction of sp³-hybridized carbons (Fsp3) is 0.630. The van der Waals surface area contributed by atoms with Crippen LogP contribution in [-0.2, 0) is 14.4 Å². The molecular weight excluding hydrogens is 460 g/mol. The van der Waals surface area contributed by atoms with Crippen LogP contribution in [0.25, 0.3) is 0 Å². The Hall–Kier alpha value is -3.10. The summed E-state index contributed by atoms with van der Waals surface area (Å²) in [6.07, 6.45) is 7.72. The van der Waals surface area contributed by atoms with Crippen LogP contribution in [0.1, 0.15) is 57.8 Å². The average Bonchev–Trinajstić information content (AvgIpc) is 3.48. The molecule has 1 saturated carbocycles. The number of urea groups is 1. The van der Waals surface area contributed by atoms with Gasteiger partial charge in [-0.25, -0.2) is 4.79 Å². The molecule has 1 aliphatic carbocycles. The molecule has 9 heteroatoms. The Morgan fingerprint density at radius 2 is 1.64 bits per heavy atom. The number of amides is 5. The van der Waals surface area contributed by atoms with E-state index in [0.29, 0.717) is 44.1 Å². The van der Waals surface area contributed by atoms with Crippen molar-refractivity contribution in [3.63, 3.8) is 0 Å². The lowest BCUT2D eigenvalue weighted by atomic mass is 9.83. The summed E-state index contributed by atoms with van der Waals surface area (Å²) in [5.74, 6) is 0.580. The number of nitrogens with zero attached hydrogens (tertiary/aromatic N) is 3. The molecule has 1 aromatic rings. The molecule has 3 heterocycles. The van der Waals surface area contributed by atoms with Gasteiger partial charge in [0, 0.05) is 25.7 Å². The van der Waals surface area contributed by atoms with Gasteiger partial charge in [0.2, 0.25) is 5.91 Å². The number of imide groups is 1. The van der Waals surface area contributed by atoms with Crippen LogP contribution >= 0.6 is 0 Å². The molecule has 0 aromatic heterocycles. The van der Waals surface area contributed by atoms with Gasteiger partial charge in [0.15, 0.2) is 6.61 Å². The van der Waals surface area contributed by atoms with Crippen molar-refractivity contribution in [2.75, 3.05) is 32.8 Å². The number of benzene rings is 1. The first kappa shape index (κ1) is 24.6. The molecule has 3 aliphatic heterocycles. The summed E-state index contributed by atoms with van der Waals surface area (Å²) in [6, 6.07) is 8.98. The molecule has 3 saturated heterocycles. The van der Waals surface area contributed by atoms with E-state index in [1.165, 1.54) is 0 Å². The van der Waals surface area contributed by atoms with E-state index in [-0.39, 0.29) is 36.9 Å². The van der Waals surface area contributed by atoms with Crippen molar-refractivity contribution in [1.29, 1.82) is 0 Å². The molecule has 36 heavy (non-hydrogen) atoms. The number of para-hydroxylation sites is 1. The standard InChI is InChI=1S/C27H36N4O5/c32-23(18-31-25(34)27(28-26(31)35)13-5-6-14-27)30-15-7-4-10-22(30)20-11-16-29(17-12-20)24(33)19-36-21-8-2-1-3-9-21/h1-3,8-9,20,22H,4-7,10-19H2,(H,28,35)/t22-/m0/s1. The zero-order valence-corrected chi connectivity index (χ0v) is 20.8. The van der Waals surface area contributed by atoms with Crippen LogP contribution in [0.15, 0.2) is 30.3 Å². The van der Waals surface area contributed by atoms with Crippen LogP contribution < -0.4 is 10.1 Å². The highest BCUT2D eigenvalue weighted by Crippen LogP contribution is 2.36. The van der Waals surface area contributed by atoms with Crippen molar-refractivity contribution in [1.82, 2.24) is 20.0 Å². The highest BCUT2D eigenvalue weighted by molar-refractivity contribution is 6.09. The van der Waals surface area contributed by atoms with Gasteiger partial charge in [-0.1, -0.05) is 31.0 Å². The molecule has 1 atom stereocenters. The van der Waals surface area contributed by atoms with Gasteiger partial charge in [0.05, 0.1) is 0 Å². The fourth-order valence-electron chi connectivity index (χ4n) is 6.41. The van der Waals surface area contributed by atoms with Gasteiger partial charge in [-0.2, -0.15) is 0 Å². The Labute approximate surface area is 212 Å². The third kappa shape index (κ3) is 4.92. The van der Waals surface area contributed by atoms with E-state index in [1.807, 2.05) is 40.1 Å². The average molecular weight is 497 g/mol. The SMILES string of the molecule is O=C(COc1ccccc1)N1CCC([C@@H]2CCCCN2C(=O)CN2C(=O)NC3(CCCC3)C2=O)CC1. The molecule has 0 bridgehead atoms. The van der Waals surface area contributed by atoms with Gasteiger partial charge in [0.1, 0.15) is 17.8 Å². The maximum atomic E-state index is 13.4. The first-order chi connectivity index (χ1) is 17.5. The largest absolute Gasteiger partial charge is 0.484 e. The molecule has 4 fully saturated rings. The number of carbonyl (C=O) groups excluding carboxylic acids is 4. The van der Waals surface area contributed by atoms with Crippen LogP contribution in [0, 0.1) is 5.92 Å². The summed E-state index contributed by atoms with van der Waals surface area (Å²) in [6.45, 7) is 1.79. The minimum atomic E-state index is -0.789. The number of hydrogen-bond donors (Lipinski definition) is 1. The van der Waals surface area contributed by atoms with Gasteiger partial charge in [0.25, 0.3) is 11.8 Å². The lowest BCUT2D eigenvalue weighted by Crippen LogP contribution is -2.54. The Morgan fingerprint density at radius 1 is 0.917 bits per heavy atom. The zero-order valence-electron chi connectivity index (χ0n) is 20.8. The van der Waals surface area contributed by atoms with Gasteiger partial charge in [-0.15, -0.1) is 0 Å². The van der Waals surface area contributed by atoms with Crippen LogP contribution in [0.3, 0.4) is 0 Å². The van der Waals surface area contributed by atoms with E-state index in [1.54, 1.807) is 0 Å². The number of rotatable bonds is 6. The van der Waals surface area contributed by atoms with E-state index in [0.717, 1.165) is 49.8 Å². The van der Waals surface area contributed by atoms with Crippen molar-refractivity contribution in [2.24, 2.45) is 5.92 Å². The molecule has 5 rings (SSSR count). The molecule has 1 aromatic carbocycles. The molecule has 1 spiro atoms. The lowest BCUT2D eigenvalue weighted by Gasteiger charge is -2.44. The molecule has 9 nitrogen and oxygen atoms in total. The maximum absolute atomic E-state index is 13.4. The number of carbonyl (C=O) groups is 4. The third-order valence-electron chi connectivity index (χ3n) is 8.41. The van der Waals surface area contributed by atoms with Crippen LogP contribution in [0.2, 0.25) is 0 Å². The summed E-state index contributed by atoms with van der Waals surface area (Å²) in [7, 11) is 0. The van der Waals surface area contributed by atoms with E-state index in [2.05, 4.69) is 5.32 Å². The third-order valence-corrected chi connectivity index (χ3v) is 8.41. The molecule has 5 amide bonds. The van der Waals surface area contributed by atoms with Gasteiger partial charge in [-0.3, -0.25) is 19.3 Å². The number of nitrogens with one attached hydrogen (secondary N) is 1. The number of hydrogen-bond acceptors (Lipinski definition) is 5. The Kier molecular flexibility index (Phi) is 7.16. The molecule has 0 unspecified atom stereocenters. The second-order valence-corrected chi connectivity index (χ2v) is 10.6. The quantitative estimate of drug-likeness (QED) is 0.611. The van der Waals surface area contributed by atoms with Crippen molar-refractivity contribution >= 4 is 23.8 Å². The fourth-order valence-corrected chi connectivity index (χ4v) is 6.41. The maximum Gasteiger partial charge on any atom is 0.325 e. The highest BCUT2D eigenvalue weighted by Gasteiger charge is 2.53. The van der Waals surface area contributed by atoms with Crippen molar-refractivity contribution in [3.05, 3.63) is 30.3 Å². The predicted octanol–water partition coefficient (Wildman–Crippen LogP) is 2.55. The van der Waals surface area contributed by atoms with Crippen molar-refractivity contribution < 1.29 is 23.9 Å². The van der Waals surface area contributed by atoms with E-state index in [4.69, 9.17) is 4.74 Å². The molecular formula is C27H36N4O5. The summed E-state index contributed by atoms with van der Waals surface area (Å²) >= 11 is 0. The van der Waals surface area contributed by atoms with Crippen molar-refractivity contribution in [3.8, 4) is 5.75 Å². The molecule has 4 aliphatic rings.